The van der Waals surface area contributed by atoms with E-state index >= 15 is 0 Å². The summed E-state index contributed by atoms with van der Waals surface area (Å²) in [4.78, 5) is 10.8. The zero-order valence-corrected chi connectivity index (χ0v) is 10.3. The number of hydrogen-bond donors (Lipinski definition) is 2. The molecule has 0 amide bonds. The van der Waals surface area contributed by atoms with E-state index in [0.29, 0.717) is 19.6 Å². The highest BCUT2D eigenvalue weighted by molar-refractivity contribution is 5.70. The SMILES string of the molecule is CCOc1ccc(NCC(CC)C(=O)O)cc1. The van der Waals surface area contributed by atoms with Crippen molar-refractivity contribution in [2.75, 3.05) is 18.5 Å². The molecule has 1 aromatic rings. The van der Waals surface area contributed by atoms with Gasteiger partial charge in [-0.15, -0.1) is 0 Å². The number of benzene rings is 1. The predicted octanol–water partition coefficient (Wildman–Crippen LogP) is 2.61. The number of aliphatic carboxylic acids is 1. The van der Waals surface area contributed by atoms with Crippen molar-refractivity contribution >= 4 is 11.7 Å². The van der Waals surface area contributed by atoms with Crippen molar-refractivity contribution in [2.45, 2.75) is 20.3 Å². The smallest absolute Gasteiger partial charge is 0.308 e. The fourth-order valence-corrected chi connectivity index (χ4v) is 1.48. The van der Waals surface area contributed by atoms with Gasteiger partial charge in [-0.1, -0.05) is 6.92 Å². The maximum Gasteiger partial charge on any atom is 0.308 e. The molecule has 0 aliphatic heterocycles. The van der Waals surface area contributed by atoms with Crippen molar-refractivity contribution in [3.05, 3.63) is 24.3 Å². The Kier molecular flexibility index (Phi) is 5.33. The lowest BCUT2D eigenvalue weighted by molar-refractivity contribution is -0.141. The zero-order valence-electron chi connectivity index (χ0n) is 10.3. The van der Waals surface area contributed by atoms with Gasteiger partial charge in [-0.3, -0.25) is 4.79 Å². The van der Waals surface area contributed by atoms with E-state index in [4.69, 9.17) is 9.84 Å². The lowest BCUT2D eigenvalue weighted by Crippen LogP contribution is -2.21. The second-order valence-electron chi connectivity index (χ2n) is 3.78. The Hall–Kier alpha value is -1.71. The average Bonchev–Trinajstić information content (AvgIpc) is 2.32. The molecule has 0 bridgehead atoms. The topological polar surface area (TPSA) is 58.6 Å². The Morgan fingerprint density at radius 1 is 1.35 bits per heavy atom. The first kappa shape index (κ1) is 13.4. The van der Waals surface area contributed by atoms with Crippen LogP contribution < -0.4 is 10.1 Å². The van der Waals surface area contributed by atoms with Crippen molar-refractivity contribution in [1.82, 2.24) is 0 Å². The van der Waals surface area contributed by atoms with Gasteiger partial charge in [0, 0.05) is 12.2 Å². The van der Waals surface area contributed by atoms with Crippen LogP contribution in [0, 0.1) is 5.92 Å². The highest BCUT2D eigenvalue weighted by atomic mass is 16.5. The number of carbonyl (C=O) groups is 1. The highest BCUT2D eigenvalue weighted by Gasteiger charge is 2.13. The van der Waals surface area contributed by atoms with Crippen molar-refractivity contribution < 1.29 is 14.6 Å². The van der Waals surface area contributed by atoms with Gasteiger partial charge < -0.3 is 15.2 Å². The number of ether oxygens (including phenoxy) is 1. The van der Waals surface area contributed by atoms with Crippen LogP contribution in [0.2, 0.25) is 0 Å². The summed E-state index contributed by atoms with van der Waals surface area (Å²) in [7, 11) is 0. The van der Waals surface area contributed by atoms with Crippen molar-refractivity contribution in [1.29, 1.82) is 0 Å². The van der Waals surface area contributed by atoms with E-state index < -0.39 is 5.97 Å². The standard InChI is InChI=1S/C13H19NO3/c1-3-10(13(15)16)9-14-11-5-7-12(8-6-11)17-4-2/h5-8,10,14H,3-4,9H2,1-2H3,(H,15,16). The van der Waals surface area contributed by atoms with E-state index in [2.05, 4.69) is 5.32 Å². The minimum atomic E-state index is -0.758. The monoisotopic (exact) mass is 237 g/mol. The molecule has 0 aliphatic carbocycles. The molecule has 1 atom stereocenters. The third-order valence-electron chi connectivity index (χ3n) is 2.56. The fraction of sp³-hybridized carbons (Fsp3) is 0.462. The van der Waals surface area contributed by atoms with Crippen LogP contribution in [0.3, 0.4) is 0 Å². The second kappa shape index (κ2) is 6.78. The normalized spacial score (nSPS) is 11.9. The zero-order chi connectivity index (χ0) is 12.7. The molecule has 0 fully saturated rings. The Morgan fingerprint density at radius 2 is 2.00 bits per heavy atom. The van der Waals surface area contributed by atoms with Gasteiger partial charge in [-0.05, 0) is 37.6 Å². The molecule has 1 unspecified atom stereocenters. The highest BCUT2D eigenvalue weighted by Crippen LogP contribution is 2.16. The summed E-state index contributed by atoms with van der Waals surface area (Å²) in [5.41, 5.74) is 0.910. The molecule has 0 spiro atoms. The number of carboxylic acids is 1. The molecule has 17 heavy (non-hydrogen) atoms. The molecule has 0 aliphatic rings. The maximum absolute atomic E-state index is 10.8. The first-order valence-electron chi connectivity index (χ1n) is 5.86. The van der Waals surface area contributed by atoms with Gasteiger partial charge in [0.15, 0.2) is 0 Å². The lowest BCUT2D eigenvalue weighted by Gasteiger charge is -2.12. The van der Waals surface area contributed by atoms with E-state index in [9.17, 15) is 4.79 Å². The number of rotatable bonds is 7. The van der Waals surface area contributed by atoms with Crippen LogP contribution in [0.4, 0.5) is 5.69 Å². The molecule has 1 aromatic carbocycles. The van der Waals surface area contributed by atoms with Gasteiger partial charge in [0.05, 0.1) is 12.5 Å². The lowest BCUT2D eigenvalue weighted by atomic mass is 10.1. The summed E-state index contributed by atoms with van der Waals surface area (Å²) in [6.07, 6.45) is 0.624. The van der Waals surface area contributed by atoms with Crippen LogP contribution in [-0.2, 0) is 4.79 Å². The third kappa shape index (κ3) is 4.34. The molecule has 0 aromatic heterocycles. The Bertz CT molecular complexity index is 348. The van der Waals surface area contributed by atoms with Gasteiger partial charge in [0.25, 0.3) is 0 Å². The molecule has 2 N–H and O–H groups in total. The molecule has 94 valence electrons. The quantitative estimate of drug-likeness (QED) is 0.765. The molecule has 0 saturated heterocycles. The van der Waals surface area contributed by atoms with Gasteiger partial charge in [0.2, 0.25) is 0 Å². The largest absolute Gasteiger partial charge is 0.494 e. The van der Waals surface area contributed by atoms with Crippen LogP contribution in [-0.4, -0.2) is 24.2 Å². The maximum atomic E-state index is 10.8. The van der Waals surface area contributed by atoms with Gasteiger partial charge in [0.1, 0.15) is 5.75 Å². The van der Waals surface area contributed by atoms with Crippen LogP contribution in [0.1, 0.15) is 20.3 Å². The Morgan fingerprint density at radius 3 is 2.47 bits per heavy atom. The molecule has 4 heteroatoms. The minimum absolute atomic E-state index is 0.346. The average molecular weight is 237 g/mol. The number of carboxylic acid groups (broad SMARTS) is 1. The van der Waals surface area contributed by atoms with Gasteiger partial charge >= 0.3 is 5.97 Å². The van der Waals surface area contributed by atoms with E-state index in [0.717, 1.165) is 11.4 Å². The van der Waals surface area contributed by atoms with Crippen LogP contribution in [0.15, 0.2) is 24.3 Å². The van der Waals surface area contributed by atoms with Gasteiger partial charge in [-0.2, -0.15) is 0 Å². The first-order valence-corrected chi connectivity index (χ1v) is 5.86. The van der Waals surface area contributed by atoms with Crippen LogP contribution in [0.25, 0.3) is 0 Å². The number of anilines is 1. The predicted molar refractivity (Wildman–Crippen MR) is 67.5 cm³/mol. The molecule has 1 rings (SSSR count). The summed E-state index contributed by atoms with van der Waals surface area (Å²) in [5, 5.41) is 12.0. The van der Waals surface area contributed by atoms with Crippen molar-refractivity contribution in [2.24, 2.45) is 5.92 Å². The number of hydrogen-bond acceptors (Lipinski definition) is 3. The van der Waals surface area contributed by atoms with Gasteiger partial charge in [-0.25, -0.2) is 0 Å². The molecule has 0 radical (unpaired) electrons. The summed E-state index contributed by atoms with van der Waals surface area (Å²) in [6, 6.07) is 7.51. The Labute approximate surface area is 102 Å². The van der Waals surface area contributed by atoms with Crippen molar-refractivity contribution in [3.63, 3.8) is 0 Å². The second-order valence-corrected chi connectivity index (χ2v) is 3.78. The molecule has 4 nitrogen and oxygen atoms in total. The van der Waals surface area contributed by atoms with Crippen LogP contribution >= 0.6 is 0 Å². The summed E-state index contributed by atoms with van der Waals surface area (Å²) in [5.74, 6) is -0.282. The summed E-state index contributed by atoms with van der Waals surface area (Å²) >= 11 is 0. The Balaban J connectivity index is 2.49. The summed E-state index contributed by atoms with van der Waals surface area (Å²) in [6.45, 7) is 4.90. The summed E-state index contributed by atoms with van der Waals surface area (Å²) < 4.78 is 5.32. The fourth-order valence-electron chi connectivity index (χ4n) is 1.48. The van der Waals surface area contributed by atoms with E-state index in [1.54, 1.807) is 0 Å². The van der Waals surface area contributed by atoms with E-state index in [1.807, 2.05) is 38.1 Å². The molecule has 0 heterocycles. The third-order valence-corrected chi connectivity index (χ3v) is 2.56. The molecular formula is C13H19NO3. The van der Waals surface area contributed by atoms with E-state index in [1.165, 1.54) is 0 Å². The molecular weight excluding hydrogens is 218 g/mol. The minimum Gasteiger partial charge on any atom is -0.494 e. The molecule has 0 saturated carbocycles. The van der Waals surface area contributed by atoms with E-state index in [-0.39, 0.29) is 5.92 Å². The number of nitrogens with one attached hydrogen (secondary N) is 1. The van der Waals surface area contributed by atoms with Crippen molar-refractivity contribution in [3.8, 4) is 5.75 Å². The van der Waals surface area contributed by atoms with Crippen LogP contribution in [0.5, 0.6) is 5.75 Å². The first-order chi connectivity index (χ1) is 8.17.